The molecule has 2 aromatic rings. The highest BCUT2D eigenvalue weighted by Crippen LogP contribution is 2.26. The zero-order chi connectivity index (χ0) is 15.5. The average Bonchev–Trinajstić information content (AvgIpc) is 2.86. The molecule has 0 saturated carbocycles. The van der Waals surface area contributed by atoms with Crippen LogP contribution in [0.5, 0.6) is 0 Å². The van der Waals surface area contributed by atoms with E-state index in [1.807, 2.05) is 12.1 Å². The summed E-state index contributed by atoms with van der Waals surface area (Å²) in [6, 6.07) is 10.2. The van der Waals surface area contributed by atoms with Crippen LogP contribution >= 0.6 is 38.9 Å². The van der Waals surface area contributed by atoms with Crippen LogP contribution in [0.1, 0.15) is 17.4 Å². The van der Waals surface area contributed by atoms with Crippen molar-refractivity contribution in [3.8, 4) is 0 Å². The van der Waals surface area contributed by atoms with E-state index in [4.69, 9.17) is 17.3 Å². The van der Waals surface area contributed by atoms with Crippen molar-refractivity contribution < 1.29 is 0 Å². The van der Waals surface area contributed by atoms with Crippen LogP contribution in [0.2, 0.25) is 5.02 Å². The maximum Gasteiger partial charge on any atom is 0.0406 e. The lowest BCUT2D eigenvalue weighted by Gasteiger charge is -2.38. The third-order valence-corrected chi connectivity index (χ3v) is 5.81. The highest BCUT2D eigenvalue weighted by Gasteiger charge is 2.28. The van der Waals surface area contributed by atoms with Gasteiger partial charge in [-0.2, -0.15) is 0 Å². The first kappa shape index (κ1) is 17.0. The number of thiophene rings is 1. The summed E-state index contributed by atoms with van der Waals surface area (Å²) in [4.78, 5) is 3.67. The second-order valence-electron chi connectivity index (χ2n) is 5.59. The zero-order valence-electron chi connectivity index (χ0n) is 12.3. The number of halogens is 2. The van der Waals surface area contributed by atoms with E-state index in [1.54, 1.807) is 11.3 Å². The van der Waals surface area contributed by atoms with E-state index >= 15 is 0 Å². The Hall–Kier alpha value is -0.390. The Morgan fingerprint density at radius 3 is 2.52 bits per heavy atom. The summed E-state index contributed by atoms with van der Waals surface area (Å²) in [6.45, 7) is 3.72. The summed E-state index contributed by atoms with van der Waals surface area (Å²) in [6.07, 6.45) is 0.906. The van der Waals surface area contributed by atoms with E-state index in [0.29, 0.717) is 6.54 Å². The SMILES string of the molecule is CN(Cc1cc(Br)cs1)C(C)(CN)Cc1ccc(Cl)cc1. The van der Waals surface area contributed by atoms with Gasteiger partial charge in [0.05, 0.1) is 0 Å². The molecule has 0 aliphatic carbocycles. The van der Waals surface area contributed by atoms with Gasteiger partial charge in [-0.1, -0.05) is 23.7 Å². The van der Waals surface area contributed by atoms with Crippen molar-refractivity contribution >= 4 is 38.9 Å². The van der Waals surface area contributed by atoms with Crippen molar-refractivity contribution in [2.24, 2.45) is 5.73 Å². The van der Waals surface area contributed by atoms with Gasteiger partial charge in [-0.25, -0.2) is 0 Å². The largest absolute Gasteiger partial charge is 0.329 e. The number of benzene rings is 1. The van der Waals surface area contributed by atoms with Crippen LogP contribution < -0.4 is 5.73 Å². The first-order valence-electron chi connectivity index (χ1n) is 6.81. The minimum Gasteiger partial charge on any atom is -0.329 e. The molecule has 0 bridgehead atoms. The number of rotatable bonds is 6. The molecule has 2 N–H and O–H groups in total. The number of hydrogen-bond donors (Lipinski definition) is 1. The molecule has 0 aliphatic heterocycles. The van der Waals surface area contributed by atoms with Crippen LogP contribution in [0.4, 0.5) is 0 Å². The van der Waals surface area contributed by atoms with Crippen molar-refractivity contribution in [1.29, 1.82) is 0 Å². The Labute approximate surface area is 144 Å². The normalized spacial score (nSPS) is 14.4. The number of nitrogens with zero attached hydrogens (tertiary/aromatic N) is 1. The molecule has 0 aliphatic rings. The molecule has 1 heterocycles. The molecule has 2 rings (SSSR count). The number of nitrogens with two attached hydrogens (primary N) is 1. The molecule has 1 unspecified atom stereocenters. The molecule has 0 radical (unpaired) electrons. The lowest BCUT2D eigenvalue weighted by molar-refractivity contribution is 0.137. The second-order valence-corrected chi connectivity index (χ2v) is 7.94. The molecule has 21 heavy (non-hydrogen) atoms. The summed E-state index contributed by atoms with van der Waals surface area (Å²) < 4.78 is 1.14. The molecule has 2 nitrogen and oxygen atoms in total. The summed E-state index contributed by atoms with van der Waals surface area (Å²) in [5.74, 6) is 0. The smallest absolute Gasteiger partial charge is 0.0406 e. The third kappa shape index (κ3) is 4.54. The minimum absolute atomic E-state index is 0.0791. The van der Waals surface area contributed by atoms with Crippen LogP contribution in [0, 0.1) is 0 Å². The molecular weight excluding hydrogens is 368 g/mol. The third-order valence-electron chi connectivity index (χ3n) is 3.87. The van der Waals surface area contributed by atoms with Crippen LogP contribution in [0.25, 0.3) is 0 Å². The van der Waals surface area contributed by atoms with Gasteiger partial charge in [0.15, 0.2) is 0 Å². The van der Waals surface area contributed by atoms with Gasteiger partial charge in [0.25, 0.3) is 0 Å². The predicted molar refractivity (Wildman–Crippen MR) is 96.1 cm³/mol. The fraction of sp³-hybridized carbons (Fsp3) is 0.375. The number of hydrogen-bond acceptors (Lipinski definition) is 3. The molecule has 1 aromatic heterocycles. The number of likely N-dealkylation sites (N-methyl/N-ethyl adjacent to an activating group) is 1. The van der Waals surface area contributed by atoms with Crippen molar-refractivity contribution in [2.45, 2.75) is 25.4 Å². The standard InChI is InChI=1S/C16H20BrClN2S/c1-16(11-19,8-12-3-5-14(18)6-4-12)20(2)9-15-7-13(17)10-21-15/h3-7,10H,8-9,11,19H2,1-2H3. The second kappa shape index (κ2) is 7.25. The van der Waals surface area contributed by atoms with Gasteiger partial charge in [-0.15, -0.1) is 11.3 Å². The van der Waals surface area contributed by atoms with Crippen molar-refractivity contribution in [2.75, 3.05) is 13.6 Å². The van der Waals surface area contributed by atoms with Gasteiger partial charge in [0.1, 0.15) is 0 Å². The molecule has 0 spiro atoms. The van der Waals surface area contributed by atoms with Gasteiger partial charge in [-0.3, -0.25) is 4.90 Å². The Morgan fingerprint density at radius 2 is 2.00 bits per heavy atom. The van der Waals surface area contributed by atoms with Gasteiger partial charge in [0.2, 0.25) is 0 Å². The van der Waals surface area contributed by atoms with E-state index in [1.165, 1.54) is 10.4 Å². The van der Waals surface area contributed by atoms with E-state index in [0.717, 1.165) is 22.5 Å². The fourth-order valence-electron chi connectivity index (χ4n) is 2.27. The molecule has 1 aromatic carbocycles. The maximum atomic E-state index is 6.07. The summed E-state index contributed by atoms with van der Waals surface area (Å²) >= 11 is 11.2. The van der Waals surface area contributed by atoms with E-state index in [9.17, 15) is 0 Å². The quantitative estimate of drug-likeness (QED) is 0.787. The fourth-order valence-corrected chi connectivity index (χ4v) is 3.90. The highest BCUT2D eigenvalue weighted by atomic mass is 79.9. The molecule has 114 valence electrons. The Bertz CT molecular complexity index is 584. The first-order chi connectivity index (χ1) is 9.93. The summed E-state index contributed by atoms with van der Waals surface area (Å²) in [5, 5.41) is 2.88. The Kier molecular flexibility index (Phi) is 5.86. The van der Waals surface area contributed by atoms with Crippen LogP contribution in [-0.2, 0) is 13.0 Å². The van der Waals surface area contributed by atoms with Gasteiger partial charge >= 0.3 is 0 Å². The first-order valence-corrected chi connectivity index (χ1v) is 8.87. The summed E-state index contributed by atoms with van der Waals surface area (Å²) in [7, 11) is 2.14. The molecule has 1 atom stereocenters. The van der Waals surface area contributed by atoms with Gasteiger partial charge in [-0.05, 0) is 60.1 Å². The molecule has 0 fully saturated rings. The van der Waals surface area contributed by atoms with Gasteiger partial charge < -0.3 is 5.73 Å². The van der Waals surface area contributed by atoms with Gasteiger partial charge in [0, 0.05) is 38.4 Å². The molecule has 0 amide bonds. The lowest BCUT2D eigenvalue weighted by atomic mass is 9.91. The average molecular weight is 388 g/mol. The summed E-state index contributed by atoms with van der Waals surface area (Å²) in [5.41, 5.74) is 7.25. The topological polar surface area (TPSA) is 29.3 Å². The molecular formula is C16H20BrClN2S. The minimum atomic E-state index is -0.0791. The Morgan fingerprint density at radius 1 is 1.33 bits per heavy atom. The Balaban J connectivity index is 2.09. The van der Waals surface area contributed by atoms with Crippen molar-refractivity contribution in [3.05, 3.63) is 55.6 Å². The zero-order valence-corrected chi connectivity index (χ0v) is 15.4. The van der Waals surface area contributed by atoms with Crippen molar-refractivity contribution in [1.82, 2.24) is 4.90 Å². The predicted octanol–water partition coefficient (Wildman–Crippen LogP) is 4.56. The van der Waals surface area contributed by atoms with Crippen LogP contribution in [-0.4, -0.2) is 24.0 Å². The van der Waals surface area contributed by atoms with Crippen LogP contribution in [0.15, 0.2) is 40.2 Å². The van der Waals surface area contributed by atoms with E-state index in [-0.39, 0.29) is 5.54 Å². The van der Waals surface area contributed by atoms with E-state index in [2.05, 4.69) is 58.4 Å². The molecule has 0 saturated heterocycles. The molecule has 5 heteroatoms. The lowest BCUT2D eigenvalue weighted by Crippen LogP contribution is -2.50. The van der Waals surface area contributed by atoms with Crippen LogP contribution in [0.3, 0.4) is 0 Å². The van der Waals surface area contributed by atoms with E-state index < -0.39 is 0 Å². The maximum absolute atomic E-state index is 6.07. The van der Waals surface area contributed by atoms with Crippen molar-refractivity contribution in [3.63, 3.8) is 0 Å². The monoisotopic (exact) mass is 386 g/mol. The highest BCUT2D eigenvalue weighted by molar-refractivity contribution is 9.10.